The first kappa shape index (κ1) is 11.2. The van der Waals surface area contributed by atoms with Crippen molar-refractivity contribution in [2.24, 2.45) is 17.3 Å². The monoisotopic (exact) mass is 256 g/mol. The number of benzene rings is 1. The number of hydrogen-bond donors (Lipinski definition) is 0. The van der Waals surface area contributed by atoms with Crippen LogP contribution in [0.1, 0.15) is 30.4 Å². The van der Waals surface area contributed by atoms with E-state index in [1.807, 2.05) is 0 Å². The highest BCUT2D eigenvalue weighted by molar-refractivity contribution is 5.98. The summed E-state index contributed by atoms with van der Waals surface area (Å²) in [5.74, 6) is -0.0223. The van der Waals surface area contributed by atoms with E-state index in [1.165, 1.54) is 11.1 Å². The van der Waals surface area contributed by atoms with E-state index in [0.717, 1.165) is 25.7 Å². The Bertz CT molecular complexity index is 542. The van der Waals surface area contributed by atoms with Crippen molar-refractivity contribution in [1.82, 2.24) is 0 Å². The van der Waals surface area contributed by atoms with Crippen molar-refractivity contribution >= 4 is 11.9 Å². The third-order valence-corrected chi connectivity index (χ3v) is 5.40. The quantitative estimate of drug-likeness (QED) is 0.528. The van der Waals surface area contributed by atoms with Gasteiger partial charge in [0.05, 0.1) is 11.8 Å². The van der Waals surface area contributed by atoms with E-state index in [-0.39, 0.29) is 23.8 Å². The van der Waals surface area contributed by atoms with Crippen LogP contribution in [0.15, 0.2) is 24.3 Å². The van der Waals surface area contributed by atoms with E-state index in [4.69, 9.17) is 4.74 Å². The predicted molar refractivity (Wildman–Crippen MR) is 68.2 cm³/mol. The van der Waals surface area contributed by atoms with Crippen LogP contribution in [-0.4, -0.2) is 11.9 Å². The van der Waals surface area contributed by atoms with E-state index in [0.29, 0.717) is 6.42 Å². The van der Waals surface area contributed by atoms with Crippen molar-refractivity contribution in [3.63, 3.8) is 0 Å². The molecule has 4 rings (SSSR count). The molecule has 1 spiro atoms. The van der Waals surface area contributed by atoms with Gasteiger partial charge in [0.2, 0.25) is 0 Å². The fourth-order valence-electron chi connectivity index (χ4n) is 4.47. The Morgan fingerprint density at radius 1 is 1.00 bits per heavy atom. The Morgan fingerprint density at radius 2 is 1.58 bits per heavy atom. The van der Waals surface area contributed by atoms with E-state index >= 15 is 0 Å². The number of carbonyl (C=O) groups is 2. The van der Waals surface area contributed by atoms with Gasteiger partial charge >= 0.3 is 11.9 Å². The van der Waals surface area contributed by atoms with Gasteiger partial charge in [0.25, 0.3) is 0 Å². The second-order valence-corrected chi connectivity index (χ2v) is 6.13. The number of hydrogen-bond acceptors (Lipinski definition) is 3. The van der Waals surface area contributed by atoms with Crippen LogP contribution < -0.4 is 0 Å². The van der Waals surface area contributed by atoms with Gasteiger partial charge in [-0.2, -0.15) is 0 Å². The standard InChI is InChI=1S/C16H16O3/c17-14-9-16(15(18)19-14)12-5-6-13(16)8-11-4-2-1-3-10(11)7-12/h1-4,12-13H,5-9H2. The molecule has 2 unspecified atom stereocenters. The summed E-state index contributed by atoms with van der Waals surface area (Å²) >= 11 is 0. The molecule has 1 saturated heterocycles. The Kier molecular flexibility index (Phi) is 2.17. The van der Waals surface area contributed by atoms with Crippen LogP contribution in [0.2, 0.25) is 0 Å². The molecule has 1 aromatic carbocycles. The molecule has 0 N–H and O–H groups in total. The molecule has 1 saturated carbocycles. The average molecular weight is 256 g/mol. The molecule has 19 heavy (non-hydrogen) atoms. The van der Waals surface area contributed by atoms with E-state index in [9.17, 15) is 9.59 Å². The normalized spacial score (nSPS) is 36.2. The molecule has 0 amide bonds. The van der Waals surface area contributed by atoms with Crippen LogP contribution in [0.3, 0.4) is 0 Å². The van der Waals surface area contributed by atoms with Crippen LogP contribution in [0.5, 0.6) is 0 Å². The first-order valence-corrected chi connectivity index (χ1v) is 7.02. The summed E-state index contributed by atoms with van der Waals surface area (Å²) in [6, 6.07) is 8.43. The van der Waals surface area contributed by atoms with Gasteiger partial charge in [-0.05, 0) is 48.6 Å². The zero-order valence-electron chi connectivity index (χ0n) is 10.7. The largest absolute Gasteiger partial charge is 0.393 e. The molecule has 3 nitrogen and oxygen atoms in total. The van der Waals surface area contributed by atoms with Crippen molar-refractivity contribution < 1.29 is 14.3 Å². The van der Waals surface area contributed by atoms with Gasteiger partial charge in [-0.25, -0.2) is 0 Å². The lowest BCUT2D eigenvalue weighted by molar-refractivity contribution is -0.157. The highest BCUT2D eigenvalue weighted by Crippen LogP contribution is 2.57. The minimum atomic E-state index is -0.518. The van der Waals surface area contributed by atoms with Gasteiger partial charge in [0.1, 0.15) is 0 Å². The molecule has 0 radical (unpaired) electrons. The third-order valence-electron chi connectivity index (χ3n) is 5.40. The molecule has 2 aliphatic carbocycles. The second-order valence-electron chi connectivity index (χ2n) is 6.13. The molecule has 1 heterocycles. The Morgan fingerprint density at radius 3 is 2.05 bits per heavy atom. The lowest BCUT2D eigenvalue weighted by atomic mass is 9.69. The summed E-state index contributed by atoms with van der Waals surface area (Å²) in [6.45, 7) is 0. The van der Waals surface area contributed by atoms with Gasteiger partial charge in [-0.1, -0.05) is 24.3 Å². The molecule has 0 aromatic heterocycles. The van der Waals surface area contributed by atoms with Gasteiger partial charge in [-0.3, -0.25) is 9.59 Å². The van der Waals surface area contributed by atoms with Gasteiger partial charge < -0.3 is 4.74 Å². The van der Waals surface area contributed by atoms with E-state index < -0.39 is 5.41 Å². The maximum atomic E-state index is 12.3. The second kappa shape index (κ2) is 3.69. The molecule has 98 valence electrons. The zero-order chi connectivity index (χ0) is 13.0. The lowest BCUT2D eigenvalue weighted by Gasteiger charge is -2.29. The molecule has 3 heteroatoms. The molecule has 3 aliphatic rings. The molecule has 1 aliphatic heterocycles. The number of esters is 2. The first-order valence-electron chi connectivity index (χ1n) is 7.02. The van der Waals surface area contributed by atoms with Gasteiger partial charge in [0, 0.05) is 0 Å². The van der Waals surface area contributed by atoms with Crippen molar-refractivity contribution in [2.45, 2.75) is 32.1 Å². The fourth-order valence-corrected chi connectivity index (χ4v) is 4.47. The summed E-state index contributed by atoms with van der Waals surface area (Å²) < 4.78 is 4.91. The average Bonchev–Trinajstić information content (AvgIpc) is 2.79. The summed E-state index contributed by atoms with van der Waals surface area (Å²) in [5.41, 5.74) is 2.18. The van der Waals surface area contributed by atoms with Crippen LogP contribution in [0.25, 0.3) is 0 Å². The van der Waals surface area contributed by atoms with Gasteiger partial charge in [-0.15, -0.1) is 0 Å². The van der Waals surface area contributed by atoms with Crippen molar-refractivity contribution in [2.75, 3.05) is 0 Å². The van der Waals surface area contributed by atoms with E-state index in [2.05, 4.69) is 24.3 Å². The maximum Gasteiger partial charge on any atom is 0.320 e. The van der Waals surface area contributed by atoms with Crippen LogP contribution in [0.4, 0.5) is 0 Å². The summed E-state index contributed by atoms with van der Waals surface area (Å²) in [6.07, 6.45) is 4.21. The van der Waals surface area contributed by atoms with Crippen LogP contribution in [-0.2, 0) is 27.2 Å². The third kappa shape index (κ3) is 1.38. The first-order chi connectivity index (χ1) is 9.20. The molecular formula is C16H16O3. The Balaban J connectivity index is 1.82. The smallest absolute Gasteiger partial charge is 0.320 e. The van der Waals surface area contributed by atoms with Gasteiger partial charge in [0.15, 0.2) is 0 Å². The summed E-state index contributed by atoms with van der Waals surface area (Å²) in [4.78, 5) is 23.9. The van der Waals surface area contributed by atoms with E-state index in [1.54, 1.807) is 0 Å². The van der Waals surface area contributed by atoms with Crippen LogP contribution in [0, 0.1) is 17.3 Å². The highest BCUT2D eigenvalue weighted by atomic mass is 16.6. The molecule has 2 atom stereocenters. The van der Waals surface area contributed by atoms with Crippen LogP contribution >= 0.6 is 0 Å². The summed E-state index contributed by atoms with van der Waals surface area (Å²) in [5, 5.41) is 0. The Hall–Kier alpha value is -1.64. The van der Waals surface area contributed by atoms with Crippen molar-refractivity contribution in [1.29, 1.82) is 0 Å². The number of ether oxygens (including phenoxy) is 1. The maximum absolute atomic E-state index is 12.3. The van der Waals surface area contributed by atoms with Crippen molar-refractivity contribution in [3.05, 3.63) is 35.4 Å². The molecule has 2 bridgehead atoms. The molecular weight excluding hydrogens is 240 g/mol. The minimum Gasteiger partial charge on any atom is -0.393 e. The predicted octanol–water partition coefficient (Wildman–Crippen LogP) is 2.27. The fraction of sp³-hybridized carbons (Fsp3) is 0.500. The number of cyclic esters (lactones) is 2. The number of fused-ring (bicyclic) bond motifs is 1. The summed E-state index contributed by atoms with van der Waals surface area (Å²) in [7, 11) is 0. The SMILES string of the molecule is O=C1CC2(C(=O)O1)C1CCC2Cc2ccccc2C1. The molecule has 2 fully saturated rings. The zero-order valence-corrected chi connectivity index (χ0v) is 10.7. The molecule has 1 aromatic rings. The highest BCUT2D eigenvalue weighted by Gasteiger charge is 2.62. The lowest BCUT2D eigenvalue weighted by Crippen LogP contribution is -2.37. The topological polar surface area (TPSA) is 43.4 Å². The van der Waals surface area contributed by atoms with Crippen molar-refractivity contribution in [3.8, 4) is 0 Å². The number of rotatable bonds is 0. The Labute approximate surface area is 111 Å². The number of carbonyl (C=O) groups excluding carboxylic acids is 2. The minimum absolute atomic E-state index is 0.252.